The molecular weight excluding hydrogens is 1020 g/mol. The van der Waals surface area contributed by atoms with Gasteiger partial charge < -0.3 is 9.13 Å². The first-order chi connectivity index (χ1) is 40.7. The van der Waals surface area contributed by atoms with Gasteiger partial charge >= 0.3 is 0 Å². The molecule has 15 rings (SSSR count). The van der Waals surface area contributed by atoms with Crippen LogP contribution < -0.4 is 41.5 Å². The normalized spacial score (nSPS) is 11.9. The highest BCUT2D eigenvalue weighted by molar-refractivity contribution is 7.21. The average Bonchev–Trinajstić information content (AvgIpc) is 2.78. The molecule has 2 aromatic heterocycles. The van der Waals surface area contributed by atoms with Crippen molar-refractivity contribution < 1.29 is 0 Å². The van der Waals surface area contributed by atoms with E-state index in [0.29, 0.717) is 0 Å². The summed E-state index contributed by atoms with van der Waals surface area (Å²) in [6.45, 7) is 0. The van der Waals surface area contributed by atoms with Gasteiger partial charge in [-0.2, -0.15) is 0 Å². The van der Waals surface area contributed by atoms with Crippen molar-refractivity contribution in [1.82, 2.24) is 9.13 Å². The lowest BCUT2D eigenvalue weighted by molar-refractivity contribution is 1.17. The van der Waals surface area contributed by atoms with Crippen molar-refractivity contribution in [2.45, 2.75) is 0 Å². The molecule has 0 amide bonds. The third kappa shape index (κ3) is 7.83. The molecule has 15 aromatic rings. The highest BCUT2D eigenvalue weighted by Crippen LogP contribution is 2.40. The van der Waals surface area contributed by atoms with Gasteiger partial charge in [0.25, 0.3) is 0 Å². The molecule has 2 nitrogen and oxygen atoms in total. The van der Waals surface area contributed by atoms with E-state index in [2.05, 4.69) is 349 Å². The molecule has 0 atom stereocenters. The Balaban J connectivity index is 0.969. The molecule has 0 saturated carbocycles. The predicted octanol–water partition coefficient (Wildman–Crippen LogP) is 14.0. The summed E-state index contributed by atoms with van der Waals surface area (Å²) in [6.07, 6.45) is 0. The maximum atomic E-state index is 2.57. The second kappa shape index (κ2) is 20.5. The lowest BCUT2D eigenvalue weighted by atomic mass is 10.1. The molecule has 0 saturated heterocycles. The maximum absolute atomic E-state index is 3.06. The van der Waals surface area contributed by atoms with Crippen LogP contribution >= 0.6 is 0 Å². The fourth-order valence-electron chi connectivity index (χ4n) is 13.7. The fraction of sp³-hybridized carbons (Fsp3) is 0. The van der Waals surface area contributed by atoms with E-state index >= 15 is 0 Å². The van der Waals surface area contributed by atoms with E-state index in [0.717, 1.165) is 16.9 Å². The van der Waals surface area contributed by atoms with Gasteiger partial charge in [0, 0.05) is 27.2 Å². The van der Waals surface area contributed by atoms with Crippen LogP contribution in [-0.2, 0) is 0 Å². The number of aromatic nitrogens is 2. The summed E-state index contributed by atoms with van der Waals surface area (Å²) in [6, 6.07) is 127. The van der Waals surface area contributed by atoms with Crippen LogP contribution in [0.15, 0.2) is 340 Å². The molecule has 0 bridgehead atoms. The van der Waals surface area contributed by atoms with Crippen LogP contribution in [0.25, 0.3) is 77.2 Å². The van der Waals surface area contributed by atoms with E-state index in [9.17, 15) is 0 Å². The van der Waals surface area contributed by atoms with Crippen LogP contribution in [0.5, 0.6) is 0 Å². The molecule has 4 heteroatoms. The van der Waals surface area contributed by atoms with Gasteiger partial charge in [-0.3, -0.25) is 0 Å². The number of nitrogens with zero attached hydrogens (tertiary/aromatic N) is 2. The van der Waals surface area contributed by atoms with Crippen LogP contribution in [0.4, 0.5) is 0 Å². The van der Waals surface area contributed by atoms with Crippen molar-refractivity contribution >= 4 is 101 Å². The molecule has 0 aliphatic heterocycles. The van der Waals surface area contributed by atoms with E-state index < -0.39 is 16.1 Å². The minimum Gasteiger partial charge on any atom is -0.309 e. The van der Waals surface area contributed by atoms with E-state index in [1.54, 1.807) is 0 Å². The van der Waals surface area contributed by atoms with Crippen molar-refractivity contribution in [3.63, 3.8) is 0 Å². The van der Waals surface area contributed by atoms with E-state index in [1.807, 2.05) is 0 Å². The highest BCUT2D eigenvalue weighted by atomic mass is 28.3. The smallest absolute Gasteiger partial charge is 0.180 e. The first kappa shape index (κ1) is 49.0. The van der Waals surface area contributed by atoms with Crippen LogP contribution in [0, 0.1) is 0 Å². The average molecular weight is 1080 g/mol. The Morgan fingerprint density at radius 2 is 0.549 bits per heavy atom. The number of rotatable bonds is 12. The van der Waals surface area contributed by atoms with Gasteiger partial charge in [0.15, 0.2) is 16.1 Å². The summed E-state index contributed by atoms with van der Waals surface area (Å²) in [7, 11) is -6.00. The van der Waals surface area contributed by atoms with Crippen molar-refractivity contribution in [3.05, 3.63) is 340 Å². The van der Waals surface area contributed by atoms with Gasteiger partial charge in [0.05, 0.1) is 27.8 Å². The third-order valence-electron chi connectivity index (χ3n) is 17.2. The monoisotopic (exact) mass is 1080 g/mol. The van der Waals surface area contributed by atoms with Gasteiger partial charge in [0.1, 0.15) is 0 Å². The van der Waals surface area contributed by atoms with Crippen molar-refractivity contribution in [1.29, 1.82) is 0 Å². The van der Waals surface area contributed by atoms with Gasteiger partial charge in [-0.15, -0.1) is 0 Å². The zero-order valence-electron chi connectivity index (χ0n) is 45.2. The largest absolute Gasteiger partial charge is 0.309 e. The molecule has 0 aliphatic carbocycles. The van der Waals surface area contributed by atoms with Crippen molar-refractivity contribution in [2.75, 3.05) is 0 Å². The first-order valence-electron chi connectivity index (χ1n) is 28.4. The summed E-state index contributed by atoms with van der Waals surface area (Å²) in [5, 5.41) is 15.7. The molecule has 0 spiro atoms. The molecular formula is C78H56N2Si2. The summed E-state index contributed by atoms with van der Waals surface area (Å²) in [5.41, 5.74) is 11.8. The minimum atomic E-state index is -3.06. The van der Waals surface area contributed by atoms with Gasteiger partial charge in [-0.25, -0.2) is 0 Å². The summed E-state index contributed by atoms with van der Waals surface area (Å²) >= 11 is 0. The van der Waals surface area contributed by atoms with E-state index in [1.165, 1.54) is 102 Å². The fourth-order valence-corrected chi connectivity index (χ4v) is 23.5. The Bertz CT molecular complexity index is 4670. The van der Waals surface area contributed by atoms with Crippen LogP contribution in [0.2, 0.25) is 0 Å². The predicted molar refractivity (Wildman–Crippen MR) is 353 cm³/mol. The SMILES string of the molecule is c1ccc(-c2ccc([Si](c3ccccc3)(c3ccccc3)c3cccc(-n4c5ccccc5c5c(-n6c7ccccc7c7c([Si](c8ccccc8)(c8ccccc8)c8ccc(-c9ccccc9)cc8)cccc76)cccc54)c3)cc2)cc1. The van der Waals surface area contributed by atoms with E-state index in [-0.39, 0.29) is 0 Å². The molecule has 82 heavy (non-hydrogen) atoms. The van der Waals surface area contributed by atoms with Gasteiger partial charge in [-0.1, -0.05) is 297 Å². The Morgan fingerprint density at radius 3 is 1.06 bits per heavy atom. The Morgan fingerprint density at radius 1 is 0.207 bits per heavy atom. The Hall–Kier alpha value is -10.1. The molecule has 0 unspecified atom stereocenters. The number of fused-ring (bicyclic) bond motifs is 6. The second-order valence-corrected chi connectivity index (χ2v) is 29.1. The molecule has 386 valence electrons. The number of benzene rings is 13. The summed E-state index contributed by atoms with van der Waals surface area (Å²) in [5.74, 6) is 0. The molecule has 2 heterocycles. The highest BCUT2D eigenvalue weighted by Gasteiger charge is 2.44. The van der Waals surface area contributed by atoms with Crippen LogP contribution in [0.3, 0.4) is 0 Å². The molecule has 0 aliphatic rings. The molecule has 0 fully saturated rings. The number of para-hydroxylation sites is 2. The Labute approximate surface area is 480 Å². The van der Waals surface area contributed by atoms with Crippen molar-refractivity contribution in [3.8, 4) is 33.6 Å². The lowest BCUT2D eigenvalue weighted by Crippen LogP contribution is -2.74. The van der Waals surface area contributed by atoms with Crippen LogP contribution in [0.1, 0.15) is 0 Å². The number of hydrogen-bond donors (Lipinski definition) is 0. The standard InChI is InChI=1S/C78H56N2Si2/c1-7-26-57(27-8-1)59-48-52-66(53-49-59)81(62-31-11-3-12-32-62,63-33-13-4-14-34-63)68-39-23-30-61(56-68)79-71-42-21-19-40-69(71)77-73(79)44-24-45-74(77)80-72-43-22-20-41-70(72)78-75(80)46-25-47-76(78)82(64-35-15-5-16-36-64,65-37-17-6-18-38-65)67-54-50-60(51-55-67)58-28-9-2-10-29-58/h1-56H. The van der Waals surface area contributed by atoms with Crippen LogP contribution in [-0.4, -0.2) is 25.3 Å². The maximum Gasteiger partial charge on any atom is 0.180 e. The molecule has 0 N–H and O–H groups in total. The summed E-state index contributed by atoms with van der Waals surface area (Å²) < 4.78 is 5.09. The topological polar surface area (TPSA) is 9.86 Å². The van der Waals surface area contributed by atoms with Gasteiger partial charge in [-0.05, 0) is 106 Å². The zero-order chi connectivity index (χ0) is 54.5. The summed E-state index contributed by atoms with van der Waals surface area (Å²) in [4.78, 5) is 0. The van der Waals surface area contributed by atoms with E-state index in [4.69, 9.17) is 0 Å². The van der Waals surface area contributed by atoms with Crippen molar-refractivity contribution in [2.24, 2.45) is 0 Å². The minimum absolute atomic E-state index is 1.13. The lowest BCUT2D eigenvalue weighted by Gasteiger charge is -2.35. The first-order valence-corrected chi connectivity index (χ1v) is 32.4. The zero-order valence-corrected chi connectivity index (χ0v) is 47.2. The second-order valence-electron chi connectivity index (χ2n) is 21.5. The molecule has 0 radical (unpaired) electrons. The van der Waals surface area contributed by atoms with Gasteiger partial charge in [0.2, 0.25) is 0 Å². The third-order valence-corrected chi connectivity index (χ3v) is 26.8. The number of hydrogen-bond acceptors (Lipinski definition) is 0. The Kier molecular flexibility index (Phi) is 12.3. The quantitative estimate of drug-likeness (QED) is 0.0852. The molecule has 13 aromatic carbocycles.